The van der Waals surface area contributed by atoms with E-state index in [-0.39, 0.29) is 0 Å². The van der Waals surface area contributed by atoms with Gasteiger partial charge in [0.05, 0.1) is 5.60 Å². The van der Waals surface area contributed by atoms with Gasteiger partial charge < -0.3 is 15.0 Å². The molecule has 0 heterocycles. The van der Waals surface area contributed by atoms with Gasteiger partial charge in [-0.05, 0) is 13.8 Å². The minimum Gasteiger partial charge on any atom is -0.393 e. The Morgan fingerprint density at radius 3 is 2.30 bits per heavy atom. The van der Waals surface area contributed by atoms with E-state index < -0.39 is 17.6 Å². The zero-order valence-electron chi connectivity index (χ0n) is 5.87. The molecule has 10 heavy (non-hydrogen) atoms. The van der Waals surface area contributed by atoms with E-state index in [0.29, 0.717) is 0 Å². The molecule has 1 atom stereocenters. The molecule has 0 amide bonds. The average Bonchev–Trinajstić information content (AvgIpc) is 1.83. The fourth-order valence-electron chi connectivity index (χ4n) is 0.345. The zero-order valence-corrected chi connectivity index (χ0v) is 6.76. The maximum absolute atomic E-state index is 10.6. The summed E-state index contributed by atoms with van der Waals surface area (Å²) in [5.41, 5.74) is 3.97. The second-order valence-corrected chi connectivity index (χ2v) is 2.72. The van der Waals surface area contributed by atoms with Crippen LogP contribution in [0, 0.1) is 0 Å². The van der Waals surface area contributed by atoms with Gasteiger partial charge in [0, 0.05) is 12.9 Å². The first kappa shape index (κ1) is 9.74. The quantitative estimate of drug-likeness (QED) is 0.380. The SMILES string of the molecule is CC(C)(O)C(N)C(=O)OS. The van der Waals surface area contributed by atoms with Gasteiger partial charge in [0.25, 0.3) is 0 Å². The van der Waals surface area contributed by atoms with Gasteiger partial charge in [0.15, 0.2) is 0 Å². The van der Waals surface area contributed by atoms with Gasteiger partial charge in [-0.25, -0.2) is 4.79 Å². The number of nitrogens with two attached hydrogens (primary N) is 1. The van der Waals surface area contributed by atoms with E-state index in [0.717, 1.165) is 0 Å². The minimum atomic E-state index is -1.26. The monoisotopic (exact) mass is 165 g/mol. The fraction of sp³-hybridized carbons (Fsp3) is 0.800. The molecule has 5 heteroatoms. The molecule has 0 saturated carbocycles. The van der Waals surface area contributed by atoms with Crippen molar-refractivity contribution in [2.75, 3.05) is 0 Å². The van der Waals surface area contributed by atoms with Crippen molar-refractivity contribution in [1.29, 1.82) is 0 Å². The summed E-state index contributed by atoms with van der Waals surface area (Å²) in [4.78, 5) is 10.6. The molecule has 0 rings (SSSR count). The Balaban J connectivity index is 4.08. The second-order valence-electron chi connectivity index (χ2n) is 2.54. The van der Waals surface area contributed by atoms with Crippen LogP contribution < -0.4 is 5.73 Å². The van der Waals surface area contributed by atoms with Crippen LogP contribution in [-0.2, 0) is 8.98 Å². The summed E-state index contributed by atoms with van der Waals surface area (Å²) in [6.07, 6.45) is 0. The van der Waals surface area contributed by atoms with Crippen LogP contribution in [0.3, 0.4) is 0 Å². The summed E-state index contributed by atoms with van der Waals surface area (Å²) in [7, 11) is 0. The number of hydrogen-bond acceptors (Lipinski definition) is 5. The van der Waals surface area contributed by atoms with Crippen molar-refractivity contribution in [3.63, 3.8) is 0 Å². The first-order chi connectivity index (χ1) is 4.39. The van der Waals surface area contributed by atoms with Crippen molar-refractivity contribution >= 4 is 18.9 Å². The van der Waals surface area contributed by atoms with Crippen LogP contribution in [0.1, 0.15) is 13.8 Å². The zero-order chi connectivity index (χ0) is 8.36. The molecular formula is C5H11NO3S. The number of thiol groups is 1. The van der Waals surface area contributed by atoms with E-state index in [2.05, 4.69) is 17.1 Å². The molecule has 0 aromatic heterocycles. The Hall–Kier alpha value is -0.260. The molecule has 0 spiro atoms. The van der Waals surface area contributed by atoms with Gasteiger partial charge in [-0.3, -0.25) is 0 Å². The first-order valence-corrected chi connectivity index (χ1v) is 3.09. The molecule has 0 aromatic carbocycles. The molecule has 0 aromatic rings. The van der Waals surface area contributed by atoms with Crippen LogP contribution >= 0.6 is 12.9 Å². The number of rotatable bonds is 2. The predicted molar refractivity (Wildman–Crippen MR) is 39.4 cm³/mol. The number of carbonyl (C=O) groups is 1. The lowest BCUT2D eigenvalue weighted by Crippen LogP contribution is -2.48. The molecule has 0 bridgehead atoms. The van der Waals surface area contributed by atoms with Crippen LogP contribution in [-0.4, -0.2) is 22.7 Å². The summed E-state index contributed by atoms with van der Waals surface area (Å²) < 4.78 is 4.01. The number of aliphatic hydroxyl groups is 1. The second kappa shape index (κ2) is 3.23. The van der Waals surface area contributed by atoms with E-state index in [1.54, 1.807) is 0 Å². The van der Waals surface area contributed by atoms with Gasteiger partial charge in [-0.2, -0.15) is 0 Å². The van der Waals surface area contributed by atoms with Crippen LogP contribution in [0.4, 0.5) is 0 Å². The summed E-state index contributed by atoms with van der Waals surface area (Å²) in [5.74, 6) is -0.740. The molecule has 1 unspecified atom stereocenters. The third-order valence-corrected chi connectivity index (χ3v) is 1.28. The number of hydrogen-bond donors (Lipinski definition) is 3. The van der Waals surface area contributed by atoms with Crippen molar-refractivity contribution in [2.24, 2.45) is 5.73 Å². The van der Waals surface area contributed by atoms with Crippen molar-refractivity contribution in [1.82, 2.24) is 0 Å². The van der Waals surface area contributed by atoms with Crippen molar-refractivity contribution in [3.8, 4) is 0 Å². The summed E-state index contributed by atoms with van der Waals surface area (Å²) in [6, 6.07) is -1.05. The van der Waals surface area contributed by atoms with Gasteiger partial charge in [-0.15, -0.1) is 0 Å². The largest absolute Gasteiger partial charge is 0.393 e. The highest BCUT2D eigenvalue weighted by Crippen LogP contribution is 2.07. The van der Waals surface area contributed by atoms with Gasteiger partial charge in [0.2, 0.25) is 0 Å². The molecule has 0 saturated heterocycles. The van der Waals surface area contributed by atoms with Crippen LogP contribution in [0.2, 0.25) is 0 Å². The summed E-state index contributed by atoms with van der Waals surface area (Å²) in [5, 5.41) is 9.13. The Morgan fingerprint density at radius 1 is 1.80 bits per heavy atom. The van der Waals surface area contributed by atoms with Crippen LogP contribution in [0.5, 0.6) is 0 Å². The molecular weight excluding hydrogens is 154 g/mol. The first-order valence-electron chi connectivity index (χ1n) is 2.73. The molecule has 60 valence electrons. The molecule has 4 nitrogen and oxygen atoms in total. The maximum Gasteiger partial charge on any atom is 0.337 e. The number of carbonyl (C=O) groups excluding carboxylic acids is 1. The molecule has 3 N–H and O–H groups in total. The van der Waals surface area contributed by atoms with Crippen molar-refractivity contribution in [3.05, 3.63) is 0 Å². The van der Waals surface area contributed by atoms with Gasteiger partial charge >= 0.3 is 5.97 Å². The van der Waals surface area contributed by atoms with Crippen molar-refractivity contribution < 1.29 is 14.1 Å². The Labute approximate surface area is 65.0 Å². The lowest BCUT2D eigenvalue weighted by molar-refractivity contribution is -0.139. The molecule has 0 radical (unpaired) electrons. The Kier molecular flexibility index (Phi) is 3.14. The maximum atomic E-state index is 10.6. The van der Waals surface area contributed by atoms with E-state index >= 15 is 0 Å². The van der Waals surface area contributed by atoms with Crippen molar-refractivity contribution in [2.45, 2.75) is 25.5 Å². The molecule has 0 fully saturated rings. The minimum absolute atomic E-state index is 0.740. The van der Waals surface area contributed by atoms with E-state index in [9.17, 15) is 4.79 Å². The smallest absolute Gasteiger partial charge is 0.337 e. The summed E-state index contributed by atoms with van der Waals surface area (Å²) >= 11 is 3.25. The molecule has 0 aliphatic rings. The highest BCUT2D eigenvalue weighted by atomic mass is 32.1. The predicted octanol–water partition coefficient (Wildman–Crippen LogP) is -0.527. The fourth-order valence-corrected chi connectivity index (χ4v) is 0.459. The normalized spacial score (nSPS) is 14.5. The summed E-state index contributed by atoms with van der Waals surface area (Å²) in [6.45, 7) is 2.84. The van der Waals surface area contributed by atoms with E-state index in [4.69, 9.17) is 10.8 Å². The van der Waals surface area contributed by atoms with Crippen LogP contribution in [0.25, 0.3) is 0 Å². The highest BCUT2D eigenvalue weighted by molar-refractivity contribution is 7.75. The Bertz CT molecular complexity index is 131. The standard InChI is InChI=1S/C5H11NO3S/c1-5(2,8)3(6)4(7)9-10/h3,8,10H,6H2,1-2H3. The van der Waals surface area contributed by atoms with Gasteiger partial charge in [-0.1, -0.05) is 0 Å². The third kappa shape index (κ3) is 2.55. The lowest BCUT2D eigenvalue weighted by atomic mass is 10.0. The Morgan fingerprint density at radius 2 is 2.20 bits per heavy atom. The van der Waals surface area contributed by atoms with Crippen LogP contribution in [0.15, 0.2) is 0 Å². The van der Waals surface area contributed by atoms with E-state index in [1.165, 1.54) is 13.8 Å². The topological polar surface area (TPSA) is 72.5 Å². The highest BCUT2D eigenvalue weighted by Gasteiger charge is 2.30. The molecule has 0 aliphatic carbocycles. The van der Waals surface area contributed by atoms with Gasteiger partial charge in [0.1, 0.15) is 6.04 Å². The third-order valence-electron chi connectivity index (χ3n) is 1.11. The average molecular weight is 165 g/mol. The lowest BCUT2D eigenvalue weighted by Gasteiger charge is -2.22. The van der Waals surface area contributed by atoms with E-state index in [1.807, 2.05) is 0 Å². The molecule has 0 aliphatic heterocycles.